The van der Waals surface area contributed by atoms with Crippen molar-refractivity contribution in [3.8, 4) is 5.69 Å². The van der Waals surface area contributed by atoms with Gasteiger partial charge in [0.1, 0.15) is 28.9 Å². The number of amides is 1. The first-order valence-corrected chi connectivity index (χ1v) is 10.8. The number of anilines is 1. The van der Waals surface area contributed by atoms with Crippen molar-refractivity contribution in [1.82, 2.24) is 14.9 Å². The molecule has 194 valence electrons. The van der Waals surface area contributed by atoms with Crippen molar-refractivity contribution in [2.45, 2.75) is 25.2 Å². The maximum atomic E-state index is 14.7. The molecule has 3 aromatic rings. The zero-order valence-corrected chi connectivity index (χ0v) is 19.5. The van der Waals surface area contributed by atoms with Crippen LogP contribution in [0, 0.1) is 17.5 Å². The molecule has 0 saturated heterocycles. The Labute approximate surface area is 204 Å². The molecule has 0 fully saturated rings. The summed E-state index contributed by atoms with van der Waals surface area (Å²) in [6.07, 6.45) is -5.11. The van der Waals surface area contributed by atoms with Crippen LogP contribution in [0.2, 0.25) is 0 Å². The Hall–Kier alpha value is -3.32. The van der Waals surface area contributed by atoms with Crippen LogP contribution in [-0.4, -0.2) is 58.4 Å². The van der Waals surface area contributed by atoms with Crippen molar-refractivity contribution in [2.24, 2.45) is 0 Å². The quantitative estimate of drug-likeness (QED) is 0.356. The zero-order valence-electron chi connectivity index (χ0n) is 18.7. The summed E-state index contributed by atoms with van der Waals surface area (Å²) >= 11 is 5.30. The Bertz CT molecular complexity index is 1340. The molecule has 1 aromatic carbocycles. The number of carbonyl (C=O) groups excluding carboxylic acids is 1. The average molecular weight is 537 g/mol. The van der Waals surface area contributed by atoms with Crippen LogP contribution in [0.25, 0.3) is 16.7 Å². The molecule has 14 heteroatoms. The van der Waals surface area contributed by atoms with Gasteiger partial charge in [-0.15, -0.1) is 11.6 Å². The van der Waals surface area contributed by atoms with Crippen molar-refractivity contribution < 1.29 is 36.2 Å². The van der Waals surface area contributed by atoms with E-state index in [9.17, 15) is 41.0 Å². The maximum Gasteiger partial charge on any atom is 0.409 e. The Kier molecular flexibility index (Phi) is 7.84. The number of hydrogen-bond acceptors (Lipinski definition) is 5. The number of hydrogen-bond donors (Lipinski definition) is 2. The minimum absolute atomic E-state index is 0.0831. The molecule has 0 radical (unpaired) electrons. The minimum Gasteiger partial charge on any atom is -0.392 e. The molecule has 0 aliphatic carbocycles. The standard InChI is InChI=1S/C22H19ClF6N4O3/c1-10(34)8-32(2)17-4-3-12-19(35)13(21(36)30-16(7-23)22(27,28)29)9-33(20(12)31-17)18-14(25)5-11(24)6-15(18)26/h3-6,9-10,16,34H,7-8H2,1-2H3,(H,30,36)/t10-,16-/m0/s1. The molecule has 2 aromatic heterocycles. The summed E-state index contributed by atoms with van der Waals surface area (Å²) in [5.41, 5.74) is -3.27. The lowest BCUT2D eigenvalue weighted by Crippen LogP contribution is -2.47. The Morgan fingerprint density at radius 1 is 1.22 bits per heavy atom. The monoisotopic (exact) mass is 536 g/mol. The first-order valence-electron chi connectivity index (χ1n) is 10.3. The van der Waals surface area contributed by atoms with Crippen LogP contribution < -0.4 is 15.6 Å². The third-order valence-corrected chi connectivity index (χ3v) is 5.40. The van der Waals surface area contributed by atoms with Gasteiger partial charge < -0.3 is 15.3 Å². The van der Waals surface area contributed by atoms with E-state index < -0.39 is 64.2 Å². The summed E-state index contributed by atoms with van der Waals surface area (Å²) in [6.45, 7) is 1.58. The summed E-state index contributed by atoms with van der Waals surface area (Å²) in [5.74, 6) is -6.52. The largest absolute Gasteiger partial charge is 0.409 e. The van der Waals surface area contributed by atoms with Gasteiger partial charge in [0.25, 0.3) is 5.91 Å². The number of carbonyl (C=O) groups is 1. The Balaban J connectivity index is 2.30. The number of aliphatic hydroxyl groups excluding tert-OH is 1. The highest BCUT2D eigenvalue weighted by atomic mass is 35.5. The van der Waals surface area contributed by atoms with Gasteiger partial charge in [-0.05, 0) is 19.1 Å². The summed E-state index contributed by atoms with van der Waals surface area (Å²) < 4.78 is 82.8. The summed E-state index contributed by atoms with van der Waals surface area (Å²) in [5, 5.41) is 10.8. The second-order valence-corrected chi connectivity index (χ2v) is 8.26. The van der Waals surface area contributed by atoms with Crippen molar-refractivity contribution >= 4 is 34.4 Å². The van der Waals surface area contributed by atoms with Gasteiger partial charge in [0, 0.05) is 31.9 Å². The molecule has 0 aliphatic rings. The first kappa shape index (κ1) is 27.3. The number of alkyl halides is 4. The van der Waals surface area contributed by atoms with E-state index in [4.69, 9.17) is 11.6 Å². The highest BCUT2D eigenvalue weighted by Gasteiger charge is 2.40. The molecular weight excluding hydrogens is 518 g/mol. The molecule has 1 amide bonds. The number of rotatable bonds is 7. The molecule has 7 nitrogen and oxygen atoms in total. The topological polar surface area (TPSA) is 87.5 Å². The molecule has 0 bridgehead atoms. The number of nitrogens with one attached hydrogen (secondary N) is 1. The second kappa shape index (κ2) is 10.3. The van der Waals surface area contributed by atoms with Crippen molar-refractivity contribution in [1.29, 1.82) is 0 Å². The fourth-order valence-corrected chi connectivity index (χ4v) is 3.69. The molecule has 3 rings (SSSR count). The van der Waals surface area contributed by atoms with Crippen LogP contribution in [-0.2, 0) is 0 Å². The predicted molar refractivity (Wildman–Crippen MR) is 120 cm³/mol. The average Bonchev–Trinajstić information content (AvgIpc) is 2.76. The number of halogens is 7. The van der Waals surface area contributed by atoms with E-state index >= 15 is 0 Å². The summed E-state index contributed by atoms with van der Waals surface area (Å²) in [4.78, 5) is 31.3. The number of fused-ring (bicyclic) bond motifs is 1. The van der Waals surface area contributed by atoms with Crippen molar-refractivity contribution in [3.05, 3.63) is 63.7 Å². The van der Waals surface area contributed by atoms with Crippen LogP contribution in [0.15, 0.2) is 35.3 Å². The number of nitrogens with zero attached hydrogens (tertiary/aromatic N) is 3. The highest BCUT2D eigenvalue weighted by molar-refractivity contribution is 6.18. The zero-order chi connectivity index (χ0) is 26.9. The van der Waals surface area contributed by atoms with E-state index in [-0.39, 0.29) is 23.4 Å². The van der Waals surface area contributed by atoms with Crippen molar-refractivity contribution in [3.63, 3.8) is 0 Å². The predicted octanol–water partition coefficient (Wildman–Crippen LogP) is 3.52. The molecule has 2 N–H and O–H groups in total. The number of aliphatic hydroxyl groups is 1. The fraction of sp³-hybridized carbons (Fsp3) is 0.318. The second-order valence-electron chi connectivity index (χ2n) is 7.95. The van der Waals surface area contributed by atoms with Crippen LogP contribution in [0.3, 0.4) is 0 Å². The van der Waals surface area contributed by atoms with E-state index in [2.05, 4.69) is 4.98 Å². The highest BCUT2D eigenvalue weighted by Crippen LogP contribution is 2.26. The van der Waals surface area contributed by atoms with E-state index in [1.54, 1.807) is 5.32 Å². The third-order valence-electron chi connectivity index (χ3n) is 5.09. The number of pyridine rings is 2. The lowest BCUT2D eigenvalue weighted by atomic mass is 10.1. The molecule has 0 aliphatic heterocycles. The van der Waals surface area contributed by atoms with E-state index in [1.165, 1.54) is 24.9 Å². The Morgan fingerprint density at radius 2 is 1.83 bits per heavy atom. The van der Waals surface area contributed by atoms with Crippen LogP contribution in [0.4, 0.5) is 32.2 Å². The fourth-order valence-electron chi connectivity index (χ4n) is 3.44. The van der Waals surface area contributed by atoms with Gasteiger partial charge in [0.2, 0.25) is 5.43 Å². The summed E-state index contributed by atoms with van der Waals surface area (Å²) in [6, 6.07) is 0.655. The van der Waals surface area contributed by atoms with Crippen LogP contribution >= 0.6 is 11.6 Å². The number of aromatic nitrogens is 2. The molecule has 2 heterocycles. The van der Waals surface area contributed by atoms with Gasteiger partial charge in [0.15, 0.2) is 17.3 Å². The molecular formula is C22H19ClF6N4O3. The van der Waals surface area contributed by atoms with Gasteiger partial charge in [-0.3, -0.25) is 14.2 Å². The molecule has 0 unspecified atom stereocenters. The molecule has 0 spiro atoms. The number of likely N-dealkylation sites (N-methyl/N-ethyl adjacent to an activating group) is 1. The van der Waals surface area contributed by atoms with Crippen LogP contribution in [0.1, 0.15) is 17.3 Å². The van der Waals surface area contributed by atoms with Gasteiger partial charge in [-0.25, -0.2) is 18.2 Å². The van der Waals surface area contributed by atoms with Gasteiger partial charge in [-0.2, -0.15) is 13.2 Å². The van der Waals surface area contributed by atoms with E-state index in [0.29, 0.717) is 22.9 Å². The lowest BCUT2D eigenvalue weighted by Gasteiger charge is -2.22. The van der Waals surface area contributed by atoms with Crippen LogP contribution in [0.5, 0.6) is 0 Å². The van der Waals surface area contributed by atoms with E-state index in [0.717, 1.165) is 6.07 Å². The summed E-state index contributed by atoms with van der Waals surface area (Å²) in [7, 11) is 1.54. The third kappa shape index (κ3) is 5.57. The van der Waals surface area contributed by atoms with Gasteiger partial charge in [0.05, 0.1) is 17.4 Å². The Morgan fingerprint density at radius 3 is 2.36 bits per heavy atom. The first-order chi connectivity index (χ1) is 16.7. The minimum atomic E-state index is -4.94. The van der Waals surface area contributed by atoms with E-state index in [1.807, 2.05) is 0 Å². The van der Waals surface area contributed by atoms with Gasteiger partial charge in [-0.1, -0.05) is 0 Å². The molecule has 2 atom stereocenters. The van der Waals surface area contributed by atoms with Gasteiger partial charge >= 0.3 is 6.18 Å². The lowest BCUT2D eigenvalue weighted by molar-refractivity contribution is -0.148. The number of benzene rings is 1. The normalized spacial score (nSPS) is 13.5. The molecule has 36 heavy (non-hydrogen) atoms. The van der Waals surface area contributed by atoms with Crippen molar-refractivity contribution in [2.75, 3.05) is 24.4 Å². The maximum absolute atomic E-state index is 14.7. The molecule has 0 saturated carbocycles. The SMILES string of the molecule is C[C@H](O)CN(C)c1ccc2c(=O)c(C(=O)N[C@@H](CCl)C(F)(F)F)cn(-c3c(F)cc(F)cc3F)c2n1. The smallest absolute Gasteiger partial charge is 0.392 e.